The van der Waals surface area contributed by atoms with Crippen molar-refractivity contribution in [1.82, 2.24) is 4.57 Å². The molecule has 1 aromatic rings. The highest BCUT2D eigenvalue weighted by Gasteiger charge is 2.02. The molecule has 0 amide bonds. The number of nitrogens with zero attached hydrogens (tertiary/aromatic N) is 1. The van der Waals surface area contributed by atoms with Gasteiger partial charge in [-0.25, -0.2) is 0 Å². The van der Waals surface area contributed by atoms with E-state index in [9.17, 15) is 4.79 Å². The van der Waals surface area contributed by atoms with Gasteiger partial charge in [-0.05, 0) is 18.6 Å². The maximum Gasteiger partial charge on any atom is 0.251 e. The lowest BCUT2D eigenvalue weighted by Crippen LogP contribution is -2.24. The summed E-state index contributed by atoms with van der Waals surface area (Å²) in [6, 6.07) is 3.27. The van der Waals surface area contributed by atoms with Gasteiger partial charge in [0, 0.05) is 19.2 Å². The number of aryl methyl sites for hydroxylation is 1. The minimum absolute atomic E-state index is 0.0509. The molecule has 0 bridgehead atoms. The summed E-state index contributed by atoms with van der Waals surface area (Å²) < 4.78 is 6.11. The Morgan fingerprint density at radius 3 is 2.73 bits per heavy atom. The van der Waals surface area contributed by atoms with Gasteiger partial charge in [0.05, 0.1) is 0 Å². The molecule has 0 saturated carbocycles. The predicted molar refractivity (Wildman–Crippen MR) is 57.7 cm³/mol. The number of pyridine rings is 1. The van der Waals surface area contributed by atoms with E-state index < -0.39 is 0 Å². The Morgan fingerprint density at radius 2 is 2.20 bits per heavy atom. The number of ether oxygens (including phenoxy) is 1. The zero-order valence-electron chi connectivity index (χ0n) is 8.70. The van der Waals surface area contributed by atoms with Gasteiger partial charge in [-0.1, -0.05) is 0 Å². The average molecular weight is 207 g/mol. The lowest BCUT2D eigenvalue weighted by molar-refractivity contribution is 0.498. The van der Waals surface area contributed by atoms with E-state index in [-0.39, 0.29) is 23.9 Å². The van der Waals surface area contributed by atoms with Crippen molar-refractivity contribution in [2.45, 2.75) is 20.4 Å². The number of aromatic nitrogens is 1. The Labute approximate surface area is 87.3 Å². The van der Waals surface area contributed by atoms with Crippen LogP contribution in [0.25, 0.3) is 0 Å². The van der Waals surface area contributed by atoms with Crippen molar-refractivity contribution in [3.63, 3.8) is 0 Å². The van der Waals surface area contributed by atoms with E-state index in [1.54, 1.807) is 12.3 Å². The van der Waals surface area contributed by atoms with Crippen molar-refractivity contribution in [2.24, 2.45) is 0 Å². The second kappa shape index (κ2) is 4.54. The summed E-state index contributed by atoms with van der Waals surface area (Å²) in [5.41, 5.74) is 0.706. The van der Waals surface area contributed by atoms with Gasteiger partial charge in [0.2, 0.25) is 5.90 Å². The molecule has 0 atom stereocenters. The third-order valence-corrected chi connectivity index (χ3v) is 1.74. The SMILES string of the molecule is CC(=N)OC(=N)Cn1ccc(C)cc1=O. The van der Waals surface area contributed by atoms with Crippen molar-refractivity contribution >= 4 is 11.8 Å². The molecular formula is C10H13N3O2. The first-order valence-corrected chi connectivity index (χ1v) is 4.46. The molecule has 0 fully saturated rings. The Kier molecular flexibility index (Phi) is 3.38. The van der Waals surface area contributed by atoms with Crippen LogP contribution in [-0.2, 0) is 11.3 Å². The first-order chi connectivity index (χ1) is 6.99. The van der Waals surface area contributed by atoms with Gasteiger partial charge in [0.25, 0.3) is 5.56 Å². The third kappa shape index (κ3) is 3.38. The molecular weight excluding hydrogens is 194 g/mol. The minimum Gasteiger partial charge on any atom is -0.428 e. The van der Waals surface area contributed by atoms with Crippen LogP contribution in [0.5, 0.6) is 0 Å². The molecule has 5 heteroatoms. The van der Waals surface area contributed by atoms with Crippen LogP contribution in [0.3, 0.4) is 0 Å². The maximum atomic E-state index is 11.4. The minimum atomic E-state index is -0.175. The molecule has 5 nitrogen and oxygen atoms in total. The summed E-state index contributed by atoms with van der Waals surface area (Å²) in [5.74, 6) is -0.173. The molecule has 0 spiro atoms. The first kappa shape index (κ1) is 11.2. The van der Waals surface area contributed by atoms with Crippen LogP contribution < -0.4 is 5.56 Å². The summed E-state index contributed by atoms with van der Waals surface area (Å²) >= 11 is 0. The van der Waals surface area contributed by atoms with Crippen LogP contribution in [0, 0.1) is 17.7 Å². The molecule has 1 rings (SSSR count). The second-order valence-corrected chi connectivity index (χ2v) is 3.25. The highest BCUT2D eigenvalue weighted by Crippen LogP contribution is 1.92. The standard InChI is InChI=1S/C10H13N3O2/c1-7-3-4-13(10(14)5-7)6-9(12)15-8(2)11/h3-5,11-12H,6H2,1-2H3. The number of hydrogen-bond acceptors (Lipinski definition) is 4. The van der Waals surface area contributed by atoms with Gasteiger partial charge in [0.1, 0.15) is 6.54 Å². The average Bonchev–Trinajstić information content (AvgIpc) is 2.08. The summed E-state index contributed by atoms with van der Waals surface area (Å²) in [5, 5.41) is 14.4. The van der Waals surface area contributed by atoms with E-state index in [1.807, 2.05) is 6.92 Å². The van der Waals surface area contributed by atoms with Crippen LogP contribution in [0.15, 0.2) is 23.1 Å². The molecule has 0 aliphatic heterocycles. The fourth-order valence-corrected chi connectivity index (χ4v) is 1.11. The van der Waals surface area contributed by atoms with Crippen molar-refractivity contribution in [3.8, 4) is 0 Å². The van der Waals surface area contributed by atoms with E-state index in [2.05, 4.69) is 0 Å². The van der Waals surface area contributed by atoms with Crippen molar-refractivity contribution in [3.05, 3.63) is 34.2 Å². The first-order valence-electron chi connectivity index (χ1n) is 4.46. The monoisotopic (exact) mass is 207 g/mol. The normalized spacial score (nSPS) is 9.73. The predicted octanol–water partition coefficient (Wildman–Crippen LogP) is 1.15. The smallest absolute Gasteiger partial charge is 0.251 e. The molecule has 0 aromatic carbocycles. The lowest BCUT2D eigenvalue weighted by Gasteiger charge is -2.07. The van der Waals surface area contributed by atoms with E-state index in [0.717, 1.165) is 5.56 Å². The zero-order chi connectivity index (χ0) is 11.4. The fourth-order valence-electron chi connectivity index (χ4n) is 1.11. The highest BCUT2D eigenvalue weighted by atomic mass is 16.5. The van der Waals surface area contributed by atoms with E-state index in [1.165, 1.54) is 17.6 Å². The van der Waals surface area contributed by atoms with Gasteiger partial charge in [-0.2, -0.15) is 0 Å². The Morgan fingerprint density at radius 1 is 1.53 bits per heavy atom. The largest absolute Gasteiger partial charge is 0.428 e. The molecule has 0 unspecified atom stereocenters. The highest BCUT2D eigenvalue weighted by molar-refractivity contribution is 5.86. The van der Waals surface area contributed by atoms with Crippen LogP contribution in [0.2, 0.25) is 0 Å². The lowest BCUT2D eigenvalue weighted by atomic mass is 10.3. The summed E-state index contributed by atoms with van der Waals surface area (Å²) in [6.45, 7) is 3.32. The number of hydrogen-bond donors (Lipinski definition) is 2. The zero-order valence-corrected chi connectivity index (χ0v) is 8.70. The van der Waals surface area contributed by atoms with Gasteiger partial charge in [-0.3, -0.25) is 15.6 Å². The molecule has 0 aliphatic rings. The van der Waals surface area contributed by atoms with Crippen LogP contribution in [0.4, 0.5) is 0 Å². The van der Waals surface area contributed by atoms with Gasteiger partial charge in [-0.15, -0.1) is 0 Å². The Balaban J connectivity index is 2.77. The van der Waals surface area contributed by atoms with Crippen LogP contribution in [-0.4, -0.2) is 16.4 Å². The Hall–Kier alpha value is -1.91. The van der Waals surface area contributed by atoms with E-state index in [4.69, 9.17) is 15.6 Å². The molecule has 80 valence electrons. The van der Waals surface area contributed by atoms with Crippen molar-refractivity contribution in [2.75, 3.05) is 0 Å². The quantitative estimate of drug-likeness (QED) is 0.563. The third-order valence-electron chi connectivity index (χ3n) is 1.74. The van der Waals surface area contributed by atoms with Crippen LogP contribution >= 0.6 is 0 Å². The Bertz CT molecular complexity index is 448. The fraction of sp³-hybridized carbons (Fsp3) is 0.300. The van der Waals surface area contributed by atoms with Gasteiger partial charge >= 0.3 is 0 Å². The molecule has 0 saturated heterocycles. The second-order valence-electron chi connectivity index (χ2n) is 3.25. The molecule has 0 radical (unpaired) electrons. The summed E-state index contributed by atoms with van der Waals surface area (Å²) in [6.07, 6.45) is 1.61. The molecule has 1 heterocycles. The van der Waals surface area contributed by atoms with Gasteiger partial charge in [0.15, 0.2) is 5.90 Å². The molecule has 15 heavy (non-hydrogen) atoms. The topological polar surface area (TPSA) is 78.9 Å². The molecule has 2 N–H and O–H groups in total. The van der Waals surface area contributed by atoms with E-state index >= 15 is 0 Å². The van der Waals surface area contributed by atoms with Crippen LogP contribution in [0.1, 0.15) is 12.5 Å². The summed E-state index contributed by atoms with van der Waals surface area (Å²) in [7, 11) is 0. The number of rotatable bonds is 2. The maximum absolute atomic E-state index is 11.4. The van der Waals surface area contributed by atoms with E-state index in [0.29, 0.717) is 0 Å². The van der Waals surface area contributed by atoms with Gasteiger partial charge < -0.3 is 9.30 Å². The molecule has 1 aromatic heterocycles. The van der Waals surface area contributed by atoms with Crippen molar-refractivity contribution < 1.29 is 4.74 Å². The van der Waals surface area contributed by atoms with Crippen molar-refractivity contribution in [1.29, 1.82) is 10.8 Å². The molecule has 0 aliphatic carbocycles. The number of nitrogens with one attached hydrogen (secondary N) is 2. The summed E-state index contributed by atoms with van der Waals surface area (Å²) in [4.78, 5) is 11.4.